The molecule has 0 radical (unpaired) electrons. The third kappa shape index (κ3) is 4.86. The number of hydrogen-bond acceptors (Lipinski definition) is 6. The van der Waals surface area contributed by atoms with E-state index in [0.717, 1.165) is 5.75 Å². The smallest absolute Gasteiger partial charge is 0.265 e. The van der Waals surface area contributed by atoms with E-state index in [0.29, 0.717) is 34.6 Å². The molecule has 0 bridgehead atoms. The lowest BCUT2D eigenvalue weighted by Crippen LogP contribution is -2.34. The van der Waals surface area contributed by atoms with Gasteiger partial charge in [-0.1, -0.05) is 37.3 Å². The van der Waals surface area contributed by atoms with E-state index >= 15 is 0 Å². The molecule has 7 heteroatoms. The lowest BCUT2D eigenvalue weighted by atomic mass is 10.1. The number of furan rings is 1. The maximum atomic E-state index is 13.3. The van der Waals surface area contributed by atoms with Crippen LogP contribution in [0.2, 0.25) is 0 Å². The Bertz CT molecular complexity index is 1520. The molecule has 2 aromatic heterocycles. The Hall–Kier alpha value is -4.78. The van der Waals surface area contributed by atoms with Crippen LogP contribution in [0.4, 0.5) is 5.69 Å². The molecule has 0 aliphatic heterocycles. The van der Waals surface area contributed by atoms with E-state index in [2.05, 4.69) is 5.32 Å². The van der Waals surface area contributed by atoms with Crippen molar-refractivity contribution in [3.8, 4) is 28.8 Å². The second kappa shape index (κ2) is 10.2. The van der Waals surface area contributed by atoms with Gasteiger partial charge in [-0.25, -0.2) is 0 Å². The summed E-state index contributed by atoms with van der Waals surface area (Å²) in [5.74, 6) is 1.36. The van der Waals surface area contributed by atoms with Crippen molar-refractivity contribution in [1.82, 2.24) is 0 Å². The predicted molar refractivity (Wildman–Crippen MR) is 136 cm³/mol. The summed E-state index contributed by atoms with van der Waals surface area (Å²) in [6, 6.07) is 26.6. The average molecular weight is 482 g/mol. The number of para-hydroxylation sites is 2. The number of ether oxygens (including phenoxy) is 2. The molecule has 2 heterocycles. The van der Waals surface area contributed by atoms with Gasteiger partial charge >= 0.3 is 0 Å². The molecule has 5 aromatic rings. The SMILES string of the molecule is CCC(Oc1c(-c2ccco2)oc2ccccc2c1=O)C(=O)Nc1ccc(Oc2ccccc2)cc1. The highest BCUT2D eigenvalue weighted by Gasteiger charge is 2.26. The summed E-state index contributed by atoms with van der Waals surface area (Å²) in [4.78, 5) is 26.4. The zero-order valence-electron chi connectivity index (χ0n) is 19.5. The van der Waals surface area contributed by atoms with Gasteiger partial charge in [-0.15, -0.1) is 0 Å². The summed E-state index contributed by atoms with van der Waals surface area (Å²) in [5, 5.41) is 3.19. The molecular formula is C29H23NO6. The zero-order chi connectivity index (χ0) is 24.9. The Labute approximate surface area is 206 Å². The van der Waals surface area contributed by atoms with E-state index in [9.17, 15) is 9.59 Å². The molecule has 180 valence electrons. The summed E-state index contributed by atoms with van der Waals surface area (Å²) in [5.41, 5.74) is 0.591. The Morgan fingerprint density at radius 3 is 2.33 bits per heavy atom. The van der Waals surface area contributed by atoms with Crippen molar-refractivity contribution in [2.45, 2.75) is 19.4 Å². The fourth-order valence-electron chi connectivity index (χ4n) is 3.72. The normalized spacial score (nSPS) is 11.7. The number of nitrogens with one attached hydrogen (secondary N) is 1. The third-order valence-electron chi connectivity index (χ3n) is 5.53. The van der Waals surface area contributed by atoms with Crippen LogP contribution in [0.3, 0.4) is 0 Å². The Balaban J connectivity index is 1.37. The van der Waals surface area contributed by atoms with E-state index < -0.39 is 12.0 Å². The zero-order valence-corrected chi connectivity index (χ0v) is 19.5. The van der Waals surface area contributed by atoms with Crippen molar-refractivity contribution in [3.05, 3.63) is 107 Å². The maximum absolute atomic E-state index is 13.3. The highest BCUT2D eigenvalue weighted by Crippen LogP contribution is 2.32. The Morgan fingerprint density at radius 1 is 0.889 bits per heavy atom. The monoisotopic (exact) mass is 481 g/mol. The minimum atomic E-state index is -0.942. The Kier molecular flexibility index (Phi) is 6.53. The van der Waals surface area contributed by atoms with E-state index in [4.69, 9.17) is 18.3 Å². The summed E-state index contributed by atoms with van der Waals surface area (Å²) >= 11 is 0. The third-order valence-corrected chi connectivity index (χ3v) is 5.53. The van der Waals surface area contributed by atoms with Gasteiger partial charge in [0.15, 0.2) is 11.9 Å². The second-order valence-corrected chi connectivity index (χ2v) is 8.01. The first-order chi connectivity index (χ1) is 17.6. The van der Waals surface area contributed by atoms with E-state index in [1.165, 1.54) is 6.26 Å². The molecule has 3 aromatic carbocycles. The number of rotatable bonds is 8. The lowest BCUT2D eigenvalue weighted by molar-refractivity contribution is -0.122. The summed E-state index contributed by atoms with van der Waals surface area (Å²) in [6.45, 7) is 1.80. The first kappa shape index (κ1) is 23.0. The number of carbonyl (C=O) groups is 1. The maximum Gasteiger partial charge on any atom is 0.265 e. The molecule has 0 spiro atoms. The standard InChI is InChI=1S/C29H23NO6/c1-2-23(29(32)30-19-14-16-21(17-15-19)34-20-9-4-3-5-10-20)35-28-26(31)22-11-6-7-12-24(22)36-27(28)25-13-8-18-33-25/h3-18,23H,2H2,1H3,(H,30,32). The van der Waals surface area contributed by atoms with Crippen molar-refractivity contribution in [2.75, 3.05) is 5.32 Å². The minimum Gasteiger partial charge on any atom is -0.473 e. The fourth-order valence-corrected chi connectivity index (χ4v) is 3.72. The molecule has 0 fully saturated rings. The van der Waals surface area contributed by atoms with Gasteiger partial charge in [0.2, 0.25) is 16.9 Å². The molecule has 0 saturated carbocycles. The van der Waals surface area contributed by atoms with Gasteiger partial charge in [0, 0.05) is 5.69 Å². The second-order valence-electron chi connectivity index (χ2n) is 8.01. The summed E-state index contributed by atoms with van der Waals surface area (Å²) in [7, 11) is 0. The minimum absolute atomic E-state index is 0.0720. The number of anilines is 1. The number of hydrogen-bond donors (Lipinski definition) is 1. The topological polar surface area (TPSA) is 90.9 Å². The molecule has 36 heavy (non-hydrogen) atoms. The predicted octanol–water partition coefficient (Wildman–Crippen LogP) is 6.64. The van der Waals surface area contributed by atoms with E-state index in [1.54, 1.807) is 67.6 Å². The number of amides is 1. The van der Waals surface area contributed by atoms with Crippen molar-refractivity contribution < 1.29 is 23.1 Å². The number of fused-ring (bicyclic) bond motifs is 1. The van der Waals surface area contributed by atoms with Crippen molar-refractivity contribution in [1.29, 1.82) is 0 Å². The van der Waals surface area contributed by atoms with Crippen LogP contribution < -0.4 is 20.2 Å². The van der Waals surface area contributed by atoms with E-state index in [1.807, 2.05) is 30.3 Å². The van der Waals surface area contributed by atoms with Gasteiger partial charge in [-0.2, -0.15) is 0 Å². The first-order valence-electron chi connectivity index (χ1n) is 11.5. The summed E-state index contributed by atoms with van der Waals surface area (Å²) in [6.07, 6.45) is 0.858. The van der Waals surface area contributed by atoms with Crippen LogP contribution in [0, 0.1) is 0 Å². The van der Waals surface area contributed by atoms with Crippen LogP contribution in [0.1, 0.15) is 13.3 Å². The molecule has 7 nitrogen and oxygen atoms in total. The number of benzene rings is 3. The van der Waals surface area contributed by atoms with Crippen LogP contribution in [0.15, 0.2) is 111 Å². The molecule has 1 N–H and O–H groups in total. The van der Waals surface area contributed by atoms with Crippen LogP contribution in [0.5, 0.6) is 17.2 Å². The van der Waals surface area contributed by atoms with Crippen LogP contribution in [-0.4, -0.2) is 12.0 Å². The summed E-state index contributed by atoms with van der Waals surface area (Å²) < 4.78 is 23.2. The van der Waals surface area contributed by atoms with E-state index in [-0.39, 0.29) is 16.9 Å². The van der Waals surface area contributed by atoms with Gasteiger partial charge in [-0.3, -0.25) is 9.59 Å². The van der Waals surface area contributed by atoms with Crippen molar-refractivity contribution in [2.24, 2.45) is 0 Å². The van der Waals surface area contributed by atoms with Crippen molar-refractivity contribution in [3.63, 3.8) is 0 Å². The highest BCUT2D eigenvalue weighted by atomic mass is 16.5. The van der Waals surface area contributed by atoms with Gasteiger partial charge in [-0.05, 0) is 67.1 Å². The van der Waals surface area contributed by atoms with Gasteiger partial charge in [0.25, 0.3) is 5.91 Å². The van der Waals surface area contributed by atoms with Crippen LogP contribution in [0.25, 0.3) is 22.5 Å². The van der Waals surface area contributed by atoms with Crippen molar-refractivity contribution >= 4 is 22.6 Å². The van der Waals surface area contributed by atoms with Gasteiger partial charge in [0.05, 0.1) is 11.6 Å². The molecular weight excluding hydrogens is 458 g/mol. The molecule has 0 aliphatic rings. The molecule has 0 saturated heterocycles. The number of carbonyl (C=O) groups excluding carboxylic acids is 1. The average Bonchev–Trinajstić information content (AvgIpc) is 3.45. The quantitative estimate of drug-likeness (QED) is 0.267. The molecule has 0 aliphatic carbocycles. The molecule has 5 rings (SSSR count). The van der Waals surface area contributed by atoms with Gasteiger partial charge in [0.1, 0.15) is 17.1 Å². The van der Waals surface area contributed by atoms with Crippen LogP contribution >= 0.6 is 0 Å². The van der Waals surface area contributed by atoms with Gasteiger partial charge < -0.3 is 23.6 Å². The largest absolute Gasteiger partial charge is 0.473 e. The lowest BCUT2D eigenvalue weighted by Gasteiger charge is -2.18. The highest BCUT2D eigenvalue weighted by molar-refractivity contribution is 5.94. The first-order valence-corrected chi connectivity index (χ1v) is 11.5. The molecule has 1 amide bonds. The molecule has 1 atom stereocenters. The van der Waals surface area contributed by atoms with Crippen LogP contribution in [-0.2, 0) is 4.79 Å². The fraction of sp³-hybridized carbons (Fsp3) is 0.103. The Morgan fingerprint density at radius 2 is 1.61 bits per heavy atom. The molecule has 1 unspecified atom stereocenters.